The zero-order chi connectivity index (χ0) is 30.5. The topological polar surface area (TPSA) is 82.0 Å². The third-order valence-corrected chi connectivity index (χ3v) is 9.79. The van der Waals surface area contributed by atoms with E-state index >= 15 is 4.39 Å². The molecule has 0 bridgehead atoms. The van der Waals surface area contributed by atoms with Crippen LogP contribution in [0.15, 0.2) is 60.0 Å². The molecule has 4 heterocycles. The third-order valence-electron chi connectivity index (χ3n) is 7.81. The first kappa shape index (κ1) is 29.9. The van der Waals surface area contributed by atoms with Crippen LogP contribution in [-0.2, 0) is 9.36 Å². The number of hydrogen-bond donors (Lipinski definition) is 0. The van der Waals surface area contributed by atoms with Crippen LogP contribution in [0.4, 0.5) is 15.9 Å². The fourth-order valence-electron chi connectivity index (χ4n) is 5.72. The Morgan fingerprint density at radius 1 is 1.17 bits per heavy atom. The van der Waals surface area contributed by atoms with Crippen molar-refractivity contribution in [2.24, 2.45) is 4.76 Å². The largest absolute Gasteiger partial charge is 0.349 e. The van der Waals surface area contributed by atoms with E-state index in [1.165, 1.54) is 12.1 Å². The minimum absolute atomic E-state index is 0.0170. The van der Waals surface area contributed by atoms with Gasteiger partial charge in [-0.1, -0.05) is 44.2 Å². The van der Waals surface area contributed by atoms with Crippen LogP contribution in [0.25, 0.3) is 11.3 Å². The van der Waals surface area contributed by atoms with Crippen molar-refractivity contribution in [3.63, 3.8) is 0 Å². The number of aromatic nitrogens is 2. The van der Waals surface area contributed by atoms with Gasteiger partial charge in [0.05, 0.1) is 27.7 Å². The van der Waals surface area contributed by atoms with E-state index in [9.17, 15) is 9.36 Å². The summed E-state index contributed by atoms with van der Waals surface area (Å²) in [7, 11) is -3.55. The number of fused-ring (bicyclic) bond motifs is 1. The molecular weight excluding hydrogens is 574 g/mol. The highest BCUT2D eigenvalue weighted by molar-refractivity contribution is 7.64. The minimum Gasteiger partial charge on any atom is -0.349 e. The van der Waals surface area contributed by atoms with E-state index in [0.29, 0.717) is 36.0 Å². The lowest BCUT2D eigenvalue weighted by atomic mass is 10.0. The van der Waals surface area contributed by atoms with Crippen molar-refractivity contribution in [2.45, 2.75) is 52.6 Å². The second-order valence-electron chi connectivity index (χ2n) is 11.3. The van der Waals surface area contributed by atoms with Crippen molar-refractivity contribution in [1.82, 2.24) is 19.8 Å². The molecule has 42 heavy (non-hydrogen) atoms. The maximum absolute atomic E-state index is 15.0. The molecule has 2 aliphatic heterocycles. The molecule has 1 fully saturated rings. The predicted molar refractivity (Wildman–Crippen MR) is 167 cm³/mol. The number of amidine groups is 1. The minimum atomic E-state index is -3.55. The van der Waals surface area contributed by atoms with Crippen molar-refractivity contribution < 1.29 is 13.8 Å². The lowest BCUT2D eigenvalue weighted by Crippen LogP contribution is -2.59. The maximum atomic E-state index is 15.0. The van der Waals surface area contributed by atoms with Gasteiger partial charge in [0, 0.05) is 43.6 Å². The van der Waals surface area contributed by atoms with Gasteiger partial charge >= 0.3 is 0 Å². The number of nitrogens with zero attached hydrogens (tertiary/aromatic N) is 6. The first-order valence-corrected chi connectivity index (χ1v) is 16.4. The van der Waals surface area contributed by atoms with Crippen LogP contribution < -0.4 is 4.67 Å². The average molecular weight is 609 g/mol. The number of rotatable bonds is 4. The van der Waals surface area contributed by atoms with Crippen molar-refractivity contribution in [3.05, 3.63) is 82.9 Å². The Labute approximate surface area is 251 Å². The average Bonchev–Trinajstić information content (AvgIpc) is 2.94. The normalized spacial score (nSPS) is 22.2. The van der Waals surface area contributed by atoms with Crippen molar-refractivity contribution in [3.8, 4) is 11.3 Å². The monoisotopic (exact) mass is 608 g/mol. The number of pyridine rings is 2. The lowest BCUT2D eigenvalue weighted by Gasteiger charge is -2.47. The molecule has 2 aliphatic rings. The Hall–Kier alpha value is -3.55. The number of piperazine rings is 1. The molecule has 8 nitrogen and oxygen atoms in total. The van der Waals surface area contributed by atoms with E-state index in [2.05, 4.69) is 16.5 Å². The van der Waals surface area contributed by atoms with Gasteiger partial charge in [-0.05, 0) is 62.6 Å². The van der Waals surface area contributed by atoms with E-state index in [1.54, 1.807) is 46.7 Å². The second kappa shape index (κ2) is 11.3. The fraction of sp³-hybridized carbons (Fsp3) is 0.355. The lowest BCUT2D eigenvalue weighted by molar-refractivity contribution is -0.130. The molecule has 3 aromatic rings. The van der Waals surface area contributed by atoms with E-state index in [-0.39, 0.29) is 40.2 Å². The highest BCUT2D eigenvalue weighted by Gasteiger charge is 2.43. The summed E-state index contributed by atoms with van der Waals surface area (Å²) in [6.07, 6.45) is 3.06. The van der Waals surface area contributed by atoms with Crippen LogP contribution in [-0.4, -0.2) is 63.3 Å². The zero-order valence-electron chi connectivity index (χ0n) is 24.7. The Kier molecular flexibility index (Phi) is 8.03. The fourth-order valence-corrected chi connectivity index (χ4v) is 7.77. The summed E-state index contributed by atoms with van der Waals surface area (Å²) in [5, 5.41) is 0.243. The van der Waals surface area contributed by atoms with Crippen molar-refractivity contribution in [1.29, 1.82) is 0 Å². The van der Waals surface area contributed by atoms with E-state index in [1.807, 2.05) is 40.7 Å². The Balaban J connectivity index is 1.76. The highest BCUT2D eigenvalue weighted by atomic mass is 35.5. The molecule has 0 saturated carbocycles. The van der Waals surface area contributed by atoms with E-state index in [0.717, 1.165) is 11.3 Å². The summed E-state index contributed by atoms with van der Waals surface area (Å²) < 4.78 is 36.4. The number of hydrogen-bond acceptors (Lipinski definition) is 5. The summed E-state index contributed by atoms with van der Waals surface area (Å²) >= 11 is 6.83. The SMILES string of the molecule is C=CC(=O)N1C[C@H](C)N(C2=N[P@@](C)(=O)N(c3c(C)ccnc3C(C)C)c3nc(-c4ccccc4F)c(Cl)cc32)C[C@H]1C. The Morgan fingerprint density at radius 3 is 2.55 bits per heavy atom. The van der Waals surface area contributed by atoms with Gasteiger partial charge in [0.25, 0.3) is 7.44 Å². The summed E-state index contributed by atoms with van der Waals surface area (Å²) in [6, 6.07) is 9.61. The van der Waals surface area contributed by atoms with Crippen LogP contribution in [0.2, 0.25) is 5.02 Å². The van der Waals surface area contributed by atoms with Gasteiger partial charge in [-0.2, -0.15) is 4.76 Å². The molecule has 0 unspecified atom stereocenters. The number of carbonyl (C=O) groups excluding carboxylic acids is 1. The summed E-state index contributed by atoms with van der Waals surface area (Å²) in [4.78, 5) is 25.9. The van der Waals surface area contributed by atoms with Crippen LogP contribution in [0.5, 0.6) is 0 Å². The molecule has 11 heteroatoms. The first-order valence-electron chi connectivity index (χ1n) is 13.9. The van der Waals surface area contributed by atoms with Gasteiger partial charge in [0.2, 0.25) is 5.91 Å². The summed E-state index contributed by atoms with van der Waals surface area (Å²) in [5.41, 5.74) is 3.35. The molecule has 0 radical (unpaired) electrons. The molecule has 1 aromatic carbocycles. The third kappa shape index (κ3) is 5.13. The summed E-state index contributed by atoms with van der Waals surface area (Å²) in [6.45, 7) is 16.1. The van der Waals surface area contributed by atoms with Gasteiger partial charge in [0.15, 0.2) is 5.82 Å². The molecule has 2 aromatic heterocycles. The standard InChI is InChI=1S/C31H35ClFN6O2P/c1-8-26(40)37-16-21(6)38(17-20(37)5)31-23-15-24(32)28(22-11-9-10-12-25(22)33)35-30(23)39(42(7,41)36-31)29-19(4)13-14-34-27(29)18(2)3/h8-15,18,20-21H,1,16-17H2,2-7H3/t20-,21+,42-/m1/s1. The number of amides is 1. The molecule has 0 spiro atoms. The summed E-state index contributed by atoms with van der Waals surface area (Å²) in [5.74, 6) is 0.270. The molecule has 220 valence electrons. The van der Waals surface area contributed by atoms with Gasteiger partial charge in [-0.15, -0.1) is 0 Å². The second-order valence-corrected chi connectivity index (χ2v) is 14.0. The number of halogens is 2. The molecule has 1 saturated heterocycles. The van der Waals surface area contributed by atoms with Crippen LogP contribution in [0, 0.1) is 12.7 Å². The Bertz CT molecular complexity index is 1660. The Morgan fingerprint density at radius 2 is 1.88 bits per heavy atom. The van der Waals surface area contributed by atoms with Gasteiger partial charge in [-0.25, -0.2) is 9.37 Å². The molecule has 0 N–H and O–H groups in total. The van der Waals surface area contributed by atoms with Crippen molar-refractivity contribution in [2.75, 3.05) is 24.4 Å². The van der Waals surface area contributed by atoms with Crippen molar-refractivity contribution >= 4 is 42.3 Å². The maximum Gasteiger partial charge on any atom is 0.285 e. The van der Waals surface area contributed by atoms with E-state index < -0.39 is 13.3 Å². The number of anilines is 2. The molecule has 5 rings (SSSR count). The van der Waals surface area contributed by atoms with Crippen LogP contribution >= 0.6 is 19.0 Å². The van der Waals surface area contributed by atoms with E-state index in [4.69, 9.17) is 21.3 Å². The molecular formula is C31H35ClFN6O2P. The van der Waals surface area contributed by atoms with Gasteiger partial charge in [0.1, 0.15) is 11.7 Å². The first-order chi connectivity index (χ1) is 19.9. The quantitative estimate of drug-likeness (QED) is 0.230. The number of aryl methyl sites for hydroxylation is 1. The smallest absolute Gasteiger partial charge is 0.285 e. The number of benzene rings is 1. The van der Waals surface area contributed by atoms with Crippen LogP contribution in [0.1, 0.15) is 50.4 Å². The molecule has 0 aliphatic carbocycles. The predicted octanol–water partition coefficient (Wildman–Crippen LogP) is 7.20. The van der Waals surface area contributed by atoms with Crippen LogP contribution in [0.3, 0.4) is 0 Å². The highest BCUT2D eigenvalue weighted by Crippen LogP contribution is 2.60. The van der Waals surface area contributed by atoms with Gasteiger partial charge < -0.3 is 9.80 Å². The molecule has 1 amide bonds. The number of carbonyl (C=O) groups is 1. The molecule has 3 atom stereocenters. The van der Waals surface area contributed by atoms with Gasteiger partial charge in [-0.3, -0.25) is 19.0 Å². The zero-order valence-corrected chi connectivity index (χ0v) is 26.3.